The van der Waals surface area contributed by atoms with E-state index in [9.17, 15) is 4.57 Å². The van der Waals surface area contributed by atoms with Gasteiger partial charge in [0.05, 0.1) is 13.2 Å². The van der Waals surface area contributed by atoms with Crippen molar-refractivity contribution in [2.24, 2.45) is 0 Å². The average molecular weight is 283 g/mol. The molecular weight excluding hydrogens is 267 g/mol. The van der Waals surface area contributed by atoms with Crippen LogP contribution in [0.4, 0.5) is 0 Å². The van der Waals surface area contributed by atoms with Crippen LogP contribution in [-0.2, 0) is 13.6 Å². The molecule has 0 heterocycles. The molecule has 14 heavy (non-hydrogen) atoms. The molecule has 0 rings (SSSR count). The van der Waals surface area contributed by atoms with E-state index in [4.69, 9.17) is 9.05 Å². The van der Waals surface area contributed by atoms with Crippen molar-refractivity contribution < 1.29 is 13.6 Å². The molecule has 0 aromatic carbocycles. The van der Waals surface area contributed by atoms with Crippen molar-refractivity contribution in [3.8, 4) is 0 Å². The Kier molecular flexibility index (Phi) is 6.62. The van der Waals surface area contributed by atoms with Crippen LogP contribution in [0.5, 0.6) is 0 Å². The van der Waals surface area contributed by atoms with E-state index in [1.807, 2.05) is 6.92 Å². The minimum atomic E-state index is -3.15. The Morgan fingerprint density at radius 3 is 2.14 bits per heavy atom. The zero-order valence-corrected chi connectivity index (χ0v) is 11.2. The van der Waals surface area contributed by atoms with E-state index >= 15 is 0 Å². The summed E-state index contributed by atoms with van der Waals surface area (Å²) in [6.07, 6.45) is 1.64. The van der Waals surface area contributed by atoms with Crippen molar-refractivity contribution in [1.82, 2.24) is 0 Å². The Balaban J connectivity index is 4.81. The van der Waals surface area contributed by atoms with Gasteiger partial charge < -0.3 is 9.05 Å². The summed E-state index contributed by atoms with van der Waals surface area (Å²) < 4.78 is 22.7. The highest BCUT2D eigenvalue weighted by atomic mass is 79.9. The largest absolute Gasteiger partial charge is 0.368 e. The fourth-order valence-corrected chi connectivity index (χ4v) is 3.17. The van der Waals surface area contributed by atoms with E-state index in [0.29, 0.717) is 17.4 Å². The first-order chi connectivity index (χ1) is 6.46. The number of hydrogen-bond acceptors (Lipinski definition) is 3. The molecule has 3 nitrogen and oxygen atoms in total. The fraction of sp³-hybridized carbons (Fsp3) is 0.556. The van der Waals surface area contributed by atoms with Gasteiger partial charge in [-0.25, -0.2) is 0 Å². The van der Waals surface area contributed by atoms with Gasteiger partial charge in [-0.2, -0.15) is 0 Å². The molecule has 0 radical (unpaired) electrons. The van der Waals surface area contributed by atoms with Gasteiger partial charge in [-0.15, -0.1) is 0 Å². The van der Waals surface area contributed by atoms with E-state index < -0.39 is 7.60 Å². The molecule has 82 valence electrons. The molecule has 0 aromatic heterocycles. The maximum absolute atomic E-state index is 12.0. The van der Waals surface area contributed by atoms with Crippen molar-refractivity contribution in [3.63, 3.8) is 0 Å². The highest BCUT2D eigenvalue weighted by molar-refractivity contribution is 9.13. The molecule has 0 spiro atoms. The molecular formula is C9H16BrO3P. The van der Waals surface area contributed by atoms with Crippen LogP contribution >= 0.6 is 23.5 Å². The zero-order chi connectivity index (χ0) is 11.2. The molecule has 0 N–H and O–H groups in total. The Labute approximate surface area is 93.8 Å². The molecule has 5 heteroatoms. The summed E-state index contributed by atoms with van der Waals surface area (Å²) in [5, 5.41) is 0. The van der Waals surface area contributed by atoms with Crippen LogP contribution in [0.15, 0.2) is 22.5 Å². The van der Waals surface area contributed by atoms with Crippen LogP contribution in [0.3, 0.4) is 0 Å². The predicted octanol–water partition coefficient (Wildman–Crippen LogP) is 4.06. The molecule has 0 aliphatic rings. The van der Waals surface area contributed by atoms with E-state index in [-0.39, 0.29) is 0 Å². The molecule has 0 bridgehead atoms. The molecule has 0 aliphatic heterocycles. The molecule has 0 unspecified atom stereocenters. The molecule has 0 amide bonds. The highest BCUT2D eigenvalue weighted by Gasteiger charge is 2.27. The van der Waals surface area contributed by atoms with E-state index in [1.54, 1.807) is 19.9 Å². The SMILES string of the molecule is C=C(C)/C=C(\Br)P(=O)(OCC)OCC. The van der Waals surface area contributed by atoms with Crippen molar-refractivity contribution in [2.75, 3.05) is 13.2 Å². The fourth-order valence-electron chi connectivity index (χ4n) is 0.783. The third-order valence-electron chi connectivity index (χ3n) is 1.23. The Morgan fingerprint density at radius 1 is 1.43 bits per heavy atom. The maximum Gasteiger partial charge on any atom is 0.368 e. The summed E-state index contributed by atoms with van der Waals surface area (Å²) in [5.41, 5.74) is 0.788. The van der Waals surface area contributed by atoms with Gasteiger partial charge in [-0.3, -0.25) is 4.57 Å². The van der Waals surface area contributed by atoms with Crippen molar-refractivity contribution in [3.05, 3.63) is 22.5 Å². The lowest BCUT2D eigenvalue weighted by molar-refractivity contribution is 0.228. The monoisotopic (exact) mass is 282 g/mol. The highest BCUT2D eigenvalue weighted by Crippen LogP contribution is 2.58. The standard InChI is InChI=1S/C9H16BrO3P/c1-5-12-14(11,13-6-2)9(10)7-8(3)4/h7H,3,5-6H2,1-2,4H3/b9-7+. The van der Waals surface area contributed by atoms with Crippen molar-refractivity contribution in [1.29, 1.82) is 0 Å². The second-order valence-electron chi connectivity index (χ2n) is 2.65. The molecule has 0 fully saturated rings. The van der Waals surface area contributed by atoms with Crippen LogP contribution in [0, 0.1) is 0 Å². The van der Waals surface area contributed by atoms with Crippen LogP contribution in [0.2, 0.25) is 0 Å². The third-order valence-corrected chi connectivity index (χ3v) is 4.61. The van der Waals surface area contributed by atoms with E-state index in [2.05, 4.69) is 22.5 Å². The van der Waals surface area contributed by atoms with Crippen molar-refractivity contribution in [2.45, 2.75) is 20.8 Å². The first-order valence-electron chi connectivity index (χ1n) is 4.38. The van der Waals surface area contributed by atoms with Gasteiger partial charge in [-0.05, 0) is 42.8 Å². The Morgan fingerprint density at radius 2 is 1.86 bits per heavy atom. The number of hydrogen-bond donors (Lipinski definition) is 0. The Hall–Kier alpha value is 0.110. The lowest BCUT2D eigenvalue weighted by Gasteiger charge is -2.16. The van der Waals surface area contributed by atoms with Gasteiger partial charge in [0.2, 0.25) is 0 Å². The van der Waals surface area contributed by atoms with Crippen LogP contribution in [0.1, 0.15) is 20.8 Å². The van der Waals surface area contributed by atoms with Gasteiger partial charge in [0.1, 0.15) is 4.22 Å². The topological polar surface area (TPSA) is 35.5 Å². The molecule has 0 aliphatic carbocycles. The average Bonchev–Trinajstić information content (AvgIpc) is 2.03. The van der Waals surface area contributed by atoms with E-state index in [1.165, 1.54) is 0 Å². The Bertz CT molecular complexity index is 263. The van der Waals surface area contributed by atoms with Crippen LogP contribution < -0.4 is 0 Å². The van der Waals surface area contributed by atoms with Crippen LogP contribution in [-0.4, -0.2) is 13.2 Å². The van der Waals surface area contributed by atoms with Gasteiger partial charge in [0.25, 0.3) is 0 Å². The second kappa shape index (κ2) is 6.57. The summed E-state index contributed by atoms with van der Waals surface area (Å²) in [7, 11) is -3.15. The number of halogens is 1. The zero-order valence-electron chi connectivity index (χ0n) is 8.75. The minimum Gasteiger partial charge on any atom is -0.305 e. The summed E-state index contributed by atoms with van der Waals surface area (Å²) in [5.74, 6) is 0. The summed E-state index contributed by atoms with van der Waals surface area (Å²) in [6.45, 7) is 9.73. The summed E-state index contributed by atoms with van der Waals surface area (Å²) >= 11 is 3.19. The summed E-state index contributed by atoms with van der Waals surface area (Å²) in [6, 6.07) is 0. The summed E-state index contributed by atoms with van der Waals surface area (Å²) in [4.78, 5) is 0. The number of allylic oxidation sites excluding steroid dienone is 2. The van der Waals surface area contributed by atoms with Gasteiger partial charge in [0.15, 0.2) is 0 Å². The van der Waals surface area contributed by atoms with Gasteiger partial charge >= 0.3 is 7.60 Å². The van der Waals surface area contributed by atoms with Crippen molar-refractivity contribution >= 4 is 23.5 Å². The maximum atomic E-state index is 12.0. The van der Waals surface area contributed by atoms with Crippen LogP contribution in [0.25, 0.3) is 0 Å². The first kappa shape index (κ1) is 14.1. The number of rotatable bonds is 6. The lowest BCUT2D eigenvalue weighted by atomic mass is 10.4. The smallest absolute Gasteiger partial charge is 0.305 e. The first-order valence-corrected chi connectivity index (χ1v) is 6.72. The molecule has 0 aromatic rings. The minimum absolute atomic E-state index is 0.344. The van der Waals surface area contributed by atoms with Gasteiger partial charge in [0, 0.05) is 0 Å². The van der Waals surface area contributed by atoms with E-state index in [0.717, 1.165) is 5.57 Å². The lowest BCUT2D eigenvalue weighted by Crippen LogP contribution is -1.95. The molecule has 0 saturated carbocycles. The normalized spacial score (nSPS) is 13.0. The molecule has 0 atom stereocenters. The van der Waals surface area contributed by atoms with Gasteiger partial charge in [-0.1, -0.05) is 12.2 Å². The predicted molar refractivity (Wildman–Crippen MR) is 62.7 cm³/mol. The third kappa shape index (κ3) is 4.56. The quantitative estimate of drug-likeness (QED) is 0.544. The second-order valence-corrected chi connectivity index (χ2v) is 6.11. The molecule has 0 saturated heterocycles.